The molecule has 0 amide bonds. The normalized spacial score (nSPS) is 10.3. The molecule has 0 aliphatic heterocycles. The zero-order valence-electron chi connectivity index (χ0n) is 14.1. The first-order chi connectivity index (χ1) is 11.9. The number of methoxy groups -OCH3 is 1. The summed E-state index contributed by atoms with van der Waals surface area (Å²) in [4.78, 5) is 0.00672. The number of ether oxygens (including phenoxy) is 1. The van der Waals surface area contributed by atoms with Crippen LogP contribution < -0.4 is 10.1 Å². The van der Waals surface area contributed by atoms with Crippen LogP contribution in [0.1, 0.15) is 13.8 Å². The van der Waals surface area contributed by atoms with Crippen molar-refractivity contribution in [3.05, 3.63) is 29.5 Å². The zero-order valence-corrected chi connectivity index (χ0v) is 14.9. The molecule has 25 heavy (non-hydrogen) atoms. The van der Waals surface area contributed by atoms with Crippen molar-refractivity contribution in [1.29, 1.82) is 15.8 Å². The Morgan fingerprint density at radius 3 is 2.20 bits per heavy atom. The summed E-state index contributed by atoms with van der Waals surface area (Å²) in [7, 11) is -2.33. The van der Waals surface area contributed by atoms with E-state index < -0.39 is 15.6 Å². The highest BCUT2D eigenvalue weighted by atomic mass is 32.2. The van der Waals surface area contributed by atoms with Crippen LogP contribution in [-0.2, 0) is 10.0 Å². The van der Waals surface area contributed by atoms with Gasteiger partial charge in [0.15, 0.2) is 5.57 Å². The Bertz CT molecular complexity index is 881. The van der Waals surface area contributed by atoms with Gasteiger partial charge in [0.2, 0.25) is 10.0 Å². The van der Waals surface area contributed by atoms with E-state index in [2.05, 4.69) is 5.32 Å². The SMILES string of the molecule is CCN(CC)S(=O)(=O)c1ccc(OC)c(NC(C#N)=C(C#N)C#N)c1. The third-order valence-corrected chi connectivity index (χ3v) is 5.41. The predicted molar refractivity (Wildman–Crippen MR) is 90.6 cm³/mol. The molecule has 1 aromatic carbocycles. The molecule has 0 saturated heterocycles. The van der Waals surface area contributed by atoms with E-state index in [4.69, 9.17) is 20.5 Å². The molecule has 0 unspecified atom stereocenters. The molecular weight excluding hydrogens is 342 g/mol. The van der Waals surface area contributed by atoms with Crippen molar-refractivity contribution in [3.8, 4) is 24.0 Å². The van der Waals surface area contributed by atoms with Gasteiger partial charge in [-0.1, -0.05) is 13.8 Å². The second-order valence-corrected chi connectivity index (χ2v) is 6.60. The van der Waals surface area contributed by atoms with Crippen LogP contribution in [-0.4, -0.2) is 32.9 Å². The van der Waals surface area contributed by atoms with Gasteiger partial charge in [0, 0.05) is 13.1 Å². The van der Waals surface area contributed by atoms with Gasteiger partial charge < -0.3 is 10.1 Å². The molecule has 0 aromatic heterocycles. The molecule has 0 aliphatic rings. The number of anilines is 1. The highest BCUT2D eigenvalue weighted by Crippen LogP contribution is 2.30. The lowest BCUT2D eigenvalue weighted by Gasteiger charge is -2.19. The van der Waals surface area contributed by atoms with E-state index in [9.17, 15) is 8.42 Å². The monoisotopic (exact) mass is 359 g/mol. The van der Waals surface area contributed by atoms with Gasteiger partial charge in [0.05, 0.1) is 17.7 Å². The molecule has 0 heterocycles. The lowest BCUT2D eigenvalue weighted by molar-refractivity contribution is 0.416. The molecule has 1 aromatic rings. The minimum absolute atomic E-state index is 0.00672. The third kappa shape index (κ3) is 4.27. The standard InChI is InChI=1S/C16H17N5O3S/c1-4-21(5-2)25(22,23)13-6-7-16(24-3)14(8-13)20-15(11-19)12(9-17)10-18/h6-8,20H,4-5H2,1-3H3. The maximum absolute atomic E-state index is 12.6. The van der Waals surface area contributed by atoms with Crippen LogP contribution in [0.25, 0.3) is 0 Å². The van der Waals surface area contributed by atoms with Crippen molar-refractivity contribution < 1.29 is 13.2 Å². The number of nitriles is 3. The molecule has 1 rings (SSSR count). The van der Waals surface area contributed by atoms with Crippen LogP contribution in [0, 0.1) is 34.0 Å². The molecular formula is C16H17N5O3S. The molecule has 0 bridgehead atoms. The Kier molecular flexibility index (Phi) is 6.95. The highest BCUT2D eigenvalue weighted by Gasteiger charge is 2.23. The Morgan fingerprint density at radius 2 is 1.76 bits per heavy atom. The van der Waals surface area contributed by atoms with E-state index in [1.807, 2.05) is 0 Å². The second kappa shape index (κ2) is 8.70. The molecule has 0 saturated carbocycles. The van der Waals surface area contributed by atoms with Gasteiger partial charge in [-0.15, -0.1) is 0 Å². The maximum Gasteiger partial charge on any atom is 0.243 e. The maximum atomic E-state index is 12.6. The summed E-state index contributed by atoms with van der Waals surface area (Å²) in [5.41, 5.74) is -0.544. The first-order valence-electron chi connectivity index (χ1n) is 7.29. The number of rotatable bonds is 7. The van der Waals surface area contributed by atoms with Crippen LogP contribution in [0.3, 0.4) is 0 Å². The molecule has 0 aliphatic carbocycles. The Balaban J connectivity index is 3.49. The lowest BCUT2D eigenvalue weighted by Crippen LogP contribution is -2.30. The molecule has 0 fully saturated rings. The van der Waals surface area contributed by atoms with Crippen molar-refractivity contribution in [2.45, 2.75) is 18.7 Å². The molecule has 0 radical (unpaired) electrons. The number of hydrogen-bond acceptors (Lipinski definition) is 7. The summed E-state index contributed by atoms with van der Waals surface area (Å²) in [5, 5.41) is 29.5. The van der Waals surface area contributed by atoms with Gasteiger partial charge in [-0.2, -0.15) is 20.1 Å². The Labute approximate surface area is 147 Å². The largest absolute Gasteiger partial charge is 0.495 e. The van der Waals surface area contributed by atoms with Gasteiger partial charge in [-0.25, -0.2) is 8.42 Å². The molecule has 0 spiro atoms. The summed E-state index contributed by atoms with van der Waals surface area (Å²) < 4.78 is 31.7. The van der Waals surface area contributed by atoms with E-state index in [-0.39, 0.29) is 22.0 Å². The fourth-order valence-corrected chi connectivity index (χ4v) is 3.56. The average Bonchev–Trinajstić information content (AvgIpc) is 2.62. The van der Waals surface area contributed by atoms with E-state index in [0.29, 0.717) is 13.1 Å². The van der Waals surface area contributed by atoms with Gasteiger partial charge in [-0.05, 0) is 18.2 Å². The summed E-state index contributed by atoms with van der Waals surface area (Å²) in [6.07, 6.45) is 0. The summed E-state index contributed by atoms with van der Waals surface area (Å²) in [6, 6.07) is 9.06. The summed E-state index contributed by atoms with van der Waals surface area (Å²) >= 11 is 0. The average molecular weight is 359 g/mol. The first kappa shape index (κ1) is 20.0. The summed E-state index contributed by atoms with van der Waals surface area (Å²) in [6.45, 7) is 4.08. The van der Waals surface area contributed by atoms with Crippen LogP contribution >= 0.6 is 0 Å². The van der Waals surface area contributed by atoms with E-state index in [1.165, 1.54) is 29.6 Å². The quantitative estimate of drug-likeness (QED) is 0.736. The van der Waals surface area contributed by atoms with Crippen LogP contribution in [0.5, 0.6) is 5.75 Å². The smallest absolute Gasteiger partial charge is 0.243 e. The fraction of sp³-hybridized carbons (Fsp3) is 0.312. The van der Waals surface area contributed by atoms with Gasteiger partial charge in [0.1, 0.15) is 29.7 Å². The van der Waals surface area contributed by atoms with Crippen LogP contribution in [0.2, 0.25) is 0 Å². The van der Waals surface area contributed by atoms with Gasteiger partial charge in [0.25, 0.3) is 0 Å². The fourth-order valence-electron chi connectivity index (χ4n) is 2.08. The van der Waals surface area contributed by atoms with Crippen molar-refractivity contribution in [1.82, 2.24) is 4.31 Å². The van der Waals surface area contributed by atoms with Crippen molar-refractivity contribution in [2.24, 2.45) is 0 Å². The minimum atomic E-state index is -3.71. The summed E-state index contributed by atoms with van der Waals surface area (Å²) in [5.74, 6) is 0.265. The Hall–Kier alpha value is -3.06. The molecule has 1 N–H and O–H groups in total. The second-order valence-electron chi connectivity index (χ2n) is 4.66. The molecule has 8 nitrogen and oxygen atoms in total. The predicted octanol–water partition coefficient (Wildman–Crippen LogP) is 1.96. The van der Waals surface area contributed by atoms with Crippen molar-refractivity contribution in [3.63, 3.8) is 0 Å². The number of benzene rings is 1. The van der Waals surface area contributed by atoms with Crippen LogP contribution in [0.15, 0.2) is 34.4 Å². The molecule has 9 heteroatoms. The Morgan fingerprint density at radius 1 is 1.16 bits per heavy atom. The van der Waals surface area contributed by atoms with Crippen LogP contribution in [0.4, 0.5) is 5.69 Å². The number of nitrogens with zero attached hydrogens (tertiary/aromatic N) is 4. The zero-order chi connectivity index (χ0) is 19.0. The minimum Gasteiger partial charge on any atom is -0.495 e. The van der Waals surface area contributed by atoms with E-state index in [0.717, 1.165) is 0 Å². The highest BCUT2D eigenvalue weighted by molar-refractivity contribution is 7.89. The molecule has 0 atom stereocenters. The third-order valence-electron chi connectivity index (χ3n) is 3.36. The molecule has 130 valence electrons. The number of nitrogens with one attached hydrogen (secondary N) is 1. The van der Waals surface area contributed by atoms with Gasteiger partial charge >= 0.3 is 0 Å². The lowest BCUT2D eigenvalue weighted by atomic mass is 10.2. The van der Waals surface area contributed by atoms with E-state index >= 15 is 0 Å². The number of sulfonamides is 1. The number of hydrogen-bond donors (Lipinski definition) is 1. The van der Waals surface area contributed by atoms with E-state index in [1.54, 1.807) is 32.1 Å². The number of allylic oxidation sites excluding steroid dienone is 2. The van der Waals surface area contributed by atoms with Gasteiger partial charge in [-0.3, -0.25) is 0 Å². The van der Waals surface area contributed by atoms with Crippen molar-refractivity contribution >= 4 is 15.7 Å². The first-order valence-corrected chi connectivity index (χ1v) is 8.73. The topological polar surface area (TPSA) is 130 Å². The van der Waals surface area contributed by atoms with Crippen molar-refractivity contribution in [2.75, 3.05) is 25.5 Å².